The summed E-state index contributed by atoms with van der Waals surface area (Å²) < 4.78 is 0.988. The van der Waals surface area contributed by atoms with Crippen LogP contribution in [0.1, 0.15) is 30.6 Å². The molecule has 0 saturated carbocycles. The molecule has 0 aliphatic carbocycles. The topological polar surface area (TPSA) is 20.3 Å². The number of aldehydes is 1. The highest BCUT2D eigenvalue weighted by molar-refractivity contribution is 9.10. The monoisotopic (exact) mass is 269 g/mol. The highest BCUT2D eigenvalue weighted by atomic mass is 79.9. The second-order valence-electron chi connectivity index (χ2n) is 3.41. The van der Waals surface area contributed by atoms with Gasteiger partial charge in [0.1, 0.15) is 6.29 Å². The van der Waals surface area contributed by atoms with Crippen LogP contribution in [0.3, 0.4) is 0 Å². The van der Waals surface area contributed by atoms with Gasteiger partial charge in [0.15, 0.2) is 0 Å². The third-order valence-corrected chi connectivity index (χ3v) is 2.96. The predicted octanol–water partition coefficient (Wildman–Crippen LogP) is 3.50. The molecule has 0 heterocycles. The van der Waals surface area contributed by atoms with Gasteiger partial charge in [-0.05, 0) is 47.5 Å². The molecule has 0 radical (unpaired) electrons. The quantitative estimate of drug-likeness (QED) is 0.763. The van der Waals surface area contributed by atoms with Crippen LogP contribution in [0.25, 0.3) is 0 Å². The van der Waals surface area contributed by atoms with Crippen molar-refractivity contribution in [3.63, 3.8) is 0 Å². The van der Waals surface area contributed by atoms with Gasteiger partial charge in [-0.15, -0.1) is 0 Å². The number of carbonyl (C=O) groups excluding carboxylic acids is 1. The average Bonchev–Trinajstić information content (AvgIpc) is 2.26. The van der Waals surface area contributed by atoms with Gasteiger partial charge in [-0.2, -0.15) is 0 Å². The van der Waals surface area contributed by atoms with E-state index in [1.807, 2.05) is 18.2 Å². The van der Waals surface area contributed by atoms with Crippen LogP contribution < -0.4 is 4.90 Å². The number of anilines is 1. The minimum Gasteiger partial charge on any atom is -0.371 e. The molecule has 0 amide bonds. The Balaban J connectivity index is 2.97. The van der Waals surface area contributed by atoms with Gasteiger partial charge in [0, 0.05) is 23.1 Å². The molecular formula is C12H16BrNO. The van der Waals surface area contributed by atoms with Crippen molar-refractivity contribution in [3.05, 3.63) is 28.2 Å². The molecule has 82 valence electrons. The first-order chi connectivity index (χ1) is 7.22. The number of nitrogens with zero attached hydrogens (tertiary/aromatic N) is 1. The number of hydrogen-bond donors (Lipinski definition) is 0. The Kier molecular flexibility index (Phi) is 4.82. The molecule has 2 nitrogen and oxygen atoms in total. The highest BCUT2D eigenvalue weighted by Crippen LogP contribution is 2.27. The molecule has 0 bridgehead atoms. The summed E-state index contributed by atoms with van der Waals surface area (Å²) in [5, 5.41) is 0. The summed E-state index contributed by atoms with van der Waals surface area (Å²) >= 11 is 3.50. The van der Waals surface area contributed by atoms with Crippen LogP contribution in [0.4, 0.5) is 5.69 Å². The number of halogens is 1. The zero-order chi connectivity index (χ0) is 11.3. The fraction of sp³-hybridized carbons (Fsp3) is 0.417. The second kappa shape index (κ2) is 5.91. The largest absolute Gasteiger partial charge is 0.371 e. The molecule has 0 spiro atoms. The lowest BCUT2D eigenvalue weighted by Gasteiger charge is -2.23. The highest BCUT2D eigenvalue weighted by Gasteiger charge is 2.07. The first-order valence-electron chi connectivity index (χ1n) is 5.22. The van der Waals surface area contributed by atoms with Gasteiger partial charge in [-0.3, -0.25) is 4.79 Å². The molecule has 0 atom stereocenters. The van der Waals surface area contributed by atoms with E-state index in [4.69, 9.17) is 0 Å². The smallest absolute Gasteiger partial charge is 0.150 e. The SMILES string of the molecule is CCCN(CC)c1ccc(C=O)cc1Br. The van der Waals surface area contributed by atoms with Crippen molar-refractivity contribution in [2.45, 2.75) is 20.3 Å². The molecule has 0 saturated heterocycles. The Morgan fingerprint density at radius 2 is 2.13 bits per heavy atom. The standard InChI is InChI=1S/C12H16BrNO/c1-3-7-14(4-2)12-6-5-10(9-15)8-11(12)13/h5-6,8-9H,3-4,7H2,1-2H3. The Bertz CT molecular complexity index is 338. The molecule has 15 heavy (non-hydrogen) atoms. The van der Waals surface area contributed by atoms with Crippen LogP contribution in [0, 0.1) is 0 Å². The number of rotatable bonds is 5. The summed E-state index contributed by atoms with van der Waals surface area (Å²) in [6.45, 7) is 6.31. The van der Waals surface area contributed by atoms with Gasteiger partial charge in [0.25, 0.3) is 0 Å². The normalized spacial score (nSPS) is 10.1. The maximum atomic E-state index is 10.6. The van der Waals surface area contributed by atoms with E-state index >= 15 is 0 Å². The summed E-state index contributed by atoms with van der Waals surface area (Å²) in [6.07, 6.45) is 1.99. The van der Waals surface area contributed by atoms with Gasteiger partial charge in [0.05, 0.1) is 5.69 Å². The van der Waals surface area contributed by atoms with Crippen LogP contribution in [-0.2, 0) is 0 Å². The number of hydrogen-bond acceptors (Lipinski definition) is 2. The molecule has 0 aliphatic rings. The fourth-order valence-corrected chi connectivity index (χ4v) is 2.22. The lowest BCUT2D eigenvalue weighted by Crippen LogP contribution is -2.23. The van der Waals surface area contributed by atoms with Gasteiger partial charge in [0.2, 0.25) is 0 Å². The van der Waals surface area contributed by atoms with E-state index in [1.165, 1.54) is 0 Å². The molecule has 1 aromatic carbocycles. The molecule has 3 heteroatoms. The Hall–Kier alpha value is -0.830. The summed E-state index contributed by atoms with van der Waals surface area (Å²) in [5.41, 5.74) is 1.86. The zero-order valence-corrected chi connectivity index (χ0v) is 10.8. The van der Waals surface area contributed by atoms with Crippen molar-refractivity contribution >= 4 is 27.9 Å². The predicted molar refractivity (Wildman–Crippen MR) is 67.7 cm³/mol. The first-order valence-corrected chi connectivity index (χ1v) is 6.01. The van der Waals surface area contributed by atoms with Gasteiger partial charge >= 0.3 is 0 Å². The molecule has 0 fully saturated rings. The summed E-state index contributed by atoms with van der Waals surface area (Å²) in [4.78, 5) is 12.9. The van der Waals surface area contributed by atoms with Crippen molar-refractivity contribution in [1.29, 1.82) is 0 Å². The number of carbonyl (C=O) groups is 1. The molecule has 0 aromatic heterocycles. The fourth-order valence-electron chi connectivity index (χ4n) is 1.57. The van der Waals surface area contributed by atoms with E-state index < -0.39 is 0 Å². The van der Waals surface area contributed by atoms with Crippen LogP contribution in [-0.4, -0.2) is 19.4 Å². The van der Waals surface area contributed by atoms with Crippen LogP contribution in [0.15, 0.2) is 22.7 Å². The van der Waals surface area contributed by atoms with Gasteiger partial charge in [-0.25, -0.2) is 0 Å². The Morgan fingerprint density at radius 1 is 1.40 bits per heavy atom. The minimum absolute atomic E-state index is 0.707. The lowest BCUT2D eigenvalue weighted by molar-refractivity contribution is 0.112. The van der Waals surface area contributed by atoms with E-state index in [1.54, 1.807) is 0 Å². The van der Waals surface area contributed by atoms with E-state index in [-0.39, 0.29) is 0 Å². The van der Waals surface area contributed by atoms with Crippen LogP contribution in [0.5, 0.6) is 0 Å². The molecule has 0 unspecified atom stereocenters. The lowest BCUT2D eigenvalue weighted by atomic mass is 10.2. The van der Waals surface area contributed by atoms with Gasteiger partial charge < -0.3 is 4.90 Å². The Labute approximate surface area is 99.4 Å². The molecule has 1 aromatic rings. The van der Waals surface area contributed by atoms with Crippen molar-refractivity contribution in [1.82, 2.24) is 0 Å². The maximum Gasteiger partial charge on any atom is 0.150 e. The maximum absolute atomic E-state index is 10.6. The second-order valence-corrected chi connectivity index (χ2v) is 4.26. The molecular weight excluding hydrogens is 254 g/mol. The van der Waals surface area contributed by atoms with Crippen LogP contribution in [0.2, 0.25) is 0 Å². The van der Waals surface area contributed by atoms with Gasteiger partial charge in [-0.1, -0.05) is 6.92 Å². The Morgan fingerprint density at radius 3 is 2.60 bits per heavy atom. The average molecular weight is 270 g/mol. The number of benzene rings is 1. The molecule has 1 rings (SSSR count). The van der Waals surface area contributed by atoms with E-state index in [0.29, 0.717) is 5.56 Å². The van der Waals surface area contributed by atoms with E-state index in [9.17, 15) is 4.79 Å². The van der Waals surface area contributed by atoms with E-state index in [2.05, 4.69) is 34.7 Å². The molecule has 0 N–H and O–H groups in total. The third kappa shape index (κ3) is 3.06. The summed E-state index contributed by atoms with van der Waals surface area (Å²) in [7, 11) is 0. The summed E-state index contributed by atoms with van der Waals surface area (Å²) in [6, 6.07) is 5.71. The third-order valence-electron chi connectivity index (χ3n) is 2.32. The zero-order valence-electron chi connectivity index (χ0n) is 9.16. The molecule has 0 aliphatic heterocycles. The van der Waals surface area contributed by atoms with Crippen molar-refractivity contribution in [2.75, 3.05) is 18.0 Å². The van der Waals surface area contributed by atoms with Crippen molar-refractivity contribution < 1.29 is 4.79 Å². The van der Waals surface area contributed by atoms with Crippen molar-refractivity contribution in [3.8, 4) is 0 Å². The summed E-state index contributed by atoms with van der Waals surface area (Å²) in [5.74, 6) is 0. The van der Waals surface area contributed by atoms with Crippen molar-refractivity contribution in [2.24, 2.45) is 0 Å². The first kappa shape index (κ1) is 12.2. The van der Waals surface area contributed by atoms with Crippen LogP contribution >= 0.6 is 15.9 Å². The van der Waals surface area contributed by atoms with E-state index in [0.717, 1.165) is 36.0 Å². The minimum atomic E-state index is 0.707.